The fraction of sp³-hybridized carbons (Fsp3) is 0.538. The van der Waals surface area contributed by atoms with Crippen molar-refractivity contribution in [1.29, 1.82) is 0 Å². The van der Waals surface area contributed by atoms with E-state index in [9.17, 15) is 19.7 Å². The number of hydrogen-bond acceptors (Lipinski definition) is 5. The van der Waals surface area contributed by atoms with Crippen LogP contribution in [0.1, 0.15) is 27.2 Å². The van der Waals surface area contributed by atoms with Crippen molar-refractivity contribution in [3.63, 3.8) is 0 Å². The number of alkyl carbamates (subject to hydrolysis) is 1. The standard InChI is InChI=1S/C13H18BrN3O5/c1-13(2,3)22-12(19)15-5-4-6-16-8-9(14)7-10(11(16)18)17(20)21/h7-8H,4-6H2,1-3H3,(H,15,19). The second-order valence-electron chi connectivity index (χ2n) is 5.58. The normalized spacial score (nSPS) is 11.1. The zero-order chi connectivity index (χ0) is 16.9. The van der Waals surface area contributed by atoms with Crippen LogP contribution < -0.4 is 10.9 Å². The third-order valence-electron chi connectivity index (χ3n) is 2.47. The molecule has 0 radical (unpaired) electrons. The van der Waals surface area contributed by atoms with E-state index in [-0.39, 0.29) is 6.54 Å². The van der Waals surface area contributed by atoms with Crippen molar-refractivity contribution in [3.05, 3.63) is 37.2 Å². The molecule has 1 rings (SSSR count). The number of nitrogens with zero attached hydrogens (tertiary/aromatic N) is 2. The molecule has 0 bridgehead atoms. The minimum Gasteiger partial charge on any atom is -0.444 e. The van der Waals surface area contributed by atoms with E-state index in [4.69, 9.17) is 4.74 Å². The number of halogens is 1. The Morgan fingerprint density at radius 3 is 2.68 bits per heavy atom. The number of carbonyl (C=O) groups is 1. The number of nitrogens with one attached hydrogen (secondary N) is 1. The summed E-state index contributed by atoms with van der Waals surface area (Å²) in [5.41, 5.74) is -1.74. The zero-order valence-electron chi connectivity index (χ0n) is 12.6. The van der Waals surface area contributed by atoms with Gasteiger partial charge in [-0.15, -0.1) is 0 Å². The Labute approximate surface area is 135 Å². The average Bonchev–Trinajstić information content (AvgIpc) is 2.35. The maximum atomic E-state index is 11.9. The number of amides is 1. The lowest BCUT2D eigenvalue weighted by molar-refractivity contribution is -0.386. The van der Waals surface area contributed by atoms with E-state index < -0.39 is 27.9 Å². The van der Waals surface area contributed by atoms with Crippen LogP contribution in [0.25, 0.3) is 0 Å². The Morgan fingerprint density at radius 1 is 1.50 bits per heavy atom. The molecule has 9 heteroatoms. The molecule has 0 unspecified atom stereocenters. The lowest BCUT2D eigenvalue weighted by Crippen LogP contribution is -2.33. The highest BCUT2D eigenvalue weighted by Crippen LogP contribution is 2.13. The molecule has 1 aromatic rings. The second-order valence-corrected chi connectivity index (χ2v) is 6.50. The monoisotopic (exact) mass is 375 g/mol. The Kier molecular flexibility index (Phi) is 6.10. The van der Waals surface area contributed by atoms with Crippen molar-refractivity contribution in [2.75, 3.05) is 6.54 Å². The molecule has 122 valence electrons. The van der Waals surface area contributed by atoms with Crippen LogP contribution in [0.4, 0.5) is 10.5 Å². The predicted molar refractivity (Wildman–Crippen MR) is 83.9 cm³/mol. The van der Waals surface area contributed by atoms with Crippen LogP contribution in [0.3, 0.4) is 0 Å². The van der Waals surface area contributed by atoms with E-state index >= 15 is 0 Å². The fourth-order valence-electron chi connectivity index (χ4n) is 1.64. The molecule has 1 amide bonds. The molecule has 0 fully saturated rings. The molecular formula is C13H18BrN3O5. The number of carbonyl (C=O) groups excluding carboxylic acids is 1. The van der Waals surface area contributed by atoms with Crippen LogP contribution >= 0.6 is 15.9 Å². The van der Waals surface area contributed by atoms with E-state index in [1.54, 1.807) is 20.8 Å². The van der Waals surface area contributed by atoms with Crippen LogP contribution in [0.2, 0.25) is 0 Å². The van der Waals surface area contributed by atoms with Crippen LogP contribution in [0.15, 0.2) is 21.5 Å². The average molecular weight is 376 g/mol. The van der Waals surface area contributed by atoms with Crippen LogP contribution in [-0.2, 0) is 11.3 Å². The van der Waals surface area contributed by atoms with Gasteiger partial charge in [0.2, 0.25) is 0 Å². The molecule has 0 spiro atoms. The number of ether oxygens (including phenoxy) is 1. The highest BCUT2D eigenvalue weighted by molar-refractivity contribution is 9.10. The number of aryl methyl sites for hydroxylation is 1. The van der Waals surface area contributed by atoms with E-state index in [2.05, 4.69) is 21.2 Å². The largest absolute Gasteiger partial charge is 0.444 e. The van der Waals surface area contributed by atoms with Gasteiger partial charge in [-0.2, -0.15) is 0 Å². The zero-order valence-corrected chi connectivity index (χ0v) is 14.2. The van der Waals surface area contributed by atoms with Crippen LogP contribution in [0.5, 0.6) is 0 Å². The van der Waals surface area contributed by atoms with E-state index in [1.807, 2.05) is 0 Å². The maximum Gasteiger partial charge on any atom is 0.407 e. The highest BCUT2D eigenvalue weighted by atomic mass is 79.9. The molecule has 1 heterocycles. The predicted octanol–water partition coefficient (Wildman–Crippen LogP) is 2.43. The summed E-state index contributed by atoms with van der Waals surface area (Å²) in [6.07, 6.45) is 1.37. The van der Waals surface area contributed by atoms with Crippen molar-refractivity contribution in [3.8, 4) is 0 Å². The maximum absolute atomic E-state index is 11.9. The van der Waals surface area contributed by atoms with Gasteiger partial charge in [0.1, 0.15) is 5.60 Å². The third kappa shape index (κ3) is 5.84. The third-order valence-corrected chi connectivity index (χ3v) is 2.91. The number of nitro groups is 1. The van der Waals surface area contributed by atoms with Crippen molar-refractivity contribution in [1.82, 2.24) is 9.88 Å². The summed E-state index contributed by atoms with van der Waals surface area (Å²) in [5.74, 6) is 0. The highest BCUT2D eigenvalue weighted by Gasteiger charge is 2.17. The van der Waals surface area contributed by atoms with Gasteiger partial charge in [0, 0.05) is 29.8 Å². The van der Waals surface area contributed by atoms with Crippen molar-refractivity contribution >= 4 is 27.7 Å². The minimum absolute atomic E-state index is 0.245. The summed E-state index contributed by atoms with van der Waals surface area (Å²) in [4.78, 5) is 33.4. The summed E-state index contributed by atoms with van der Waals surface area (Å²) in [7, 11) is 0. The fourth-order valence-corrected chi connectivity index (χ4v) is 2.10. The van der Waals surface area contributed by atoms with Gasteiger partial charge in [-0.3, -0.25) is 14.9 Å². The van der Waals surface area contributed by atoms with Gasteiger partial charge in [0.05, 0.1) is 4.92 Å². The molecule has 8 nitrogen and oxygen atoms in total. The lowest BCUT2D eigenvalue weighted by Gasteiger charge is -2.19. The van der Waals surface area contributed by atoms with Crippen molar-refractivity contribution in [2.45, 2.75) is 39.3 Å². The molecular weight excluding hydrogens is 358 g/mol. The number of pyridine rings is 1. The first-order valence-electron chi connectivity index (χ1n) is 6.61. The smallest absolute Gasteiger partial charge is 0.407 e. The summed E-state index contributed by atoms with van der Waals surface area (Å²) in [6, 6.07) is 1.16. The molecule has 0 saturated carbocycles. The van der Waals surface area contributed by atoms with E-state index in [0.717, 1.165) is 6.07 Å². The topological polar surface area (TPSA) is 103 Å². The molecule has 1 aromatic heterocycles. The molecule has 0 aliphatic carbocycles. The summed E-state index contributed by atoms with van der Waals surface area (Å²) in [5, 5.41) is 13.3. The summed E-state index contributed by atoms with van der Waals surface area (Å²) in [6.45, 7) is 5.81. The Morgan fingerprint density at radius 2 is 2.14 bits per heavy atom. The van der Waals surface area contributed by atoms with Gasteiger partial charge in [-0.25, -0.2) is 4.79 Å². The molecule has 0 atom stereocenters. The van der Waals surface area contributed by atoms with E-state index in [0.29, 0.717) is 17.4 Å². The van der Waals surface area contributed by atoms with Crippen LogP contribution in [0, 0.1) is 10.1 Å². The number of rotatable bonds is 5. The lowest BCUT2D eigenvalue weighted by atomic mass is 10.2. The summed E-state index contributed by atoms with van der Waals surface area (Å²) >= 11 is 3.13. The summed E-state index contributed by atoms with van der Waals surface area (Å²) < 4.78 is 6.75. The Bertz CT molecular complexity index is 621. The molecule has 0 aliphatic heterocycles. The quantitative estimate of drug-likeness (QED) is 0.483. The molecule has 0 aromatic carbocycles. The Balaban J connectivity index is 2.58. The first kappa shape index (κ1) is 18.1. The molecule has 22 heavy (non-hydrogen) atoms. The SMILES string of the molecule is CC(C)(C)OC(=O)NCCCn1cc(Br)cc([N+](=O)[O-])c1=O. The molecule has 1 N–H and O–H groups in total. The van der Waals surface area contributed by atoms with Gasteiger partial charge in [0.25, 0.3) is 0 Å². The first-order valence-corrected chi connectivity index (χ1v) is 7.40. The van der Waals surface area contributed by atoms with Crippen molar-refractivity contribution < 1.29 is 14.5 Å². The molecule has 0 aliphatic rings. The van der Waals surface area contributed by atoms with Crippen LogP contribution in [-0.4, -0.2) is 27.7 Å². The minimum atomic E-state index is -0.720. The number of hydrogen-bond donors (Lipinski definition) is 1. The van der Waals surface area contributed by atoms with Gasteiger partial charge in [0.15, 0.2) is 0 Å². The molecule has 0 saturated heterocycles. The second kappa shape index (κ2) is 7.39. The van der Waals surface area contributed by atoms with Gasteiger partial charge < -0.3 is 14.6 Å². The Hall–Kier alpha value is -1.90. The number of aromatic nitrogens is 1. The van der Waals surface area contributed by atoms with Gasteiger partial charge >= 0.3 is 17.3 Å². The van der Waals surface area contributed by atoms with Gasteiger partial charge in [-0.05, 0) is 43.1 Å². The van der Waals surface area contributed by atoms with Gasteiger partial charge in [-0.1, -0.05) is 0 Å². The van der Waals surface area contributed by atoms with E-state index in [1.165, 1.54) is 10.8 Å². The van der Waals surface area contributed by atoms with Crippen molar-refractivity contribution in [2.24, 2.45) is 0 Å². The first-order chi connectivity index (χ1) is 10.1.